The van der Waals surface area contributed by atoms with Gasteiger partial charge in [-0.3, -0.25) is 0 Å². The van der Waals surface area contributed by atoms with Gasteiger partial charge in [-0.2, -0.15) is 0 Å². The van der Waals surface area contributed by atoms with Gasteiger partial charge in [-0.25, -0.2) is 9.59 Å². The number of rotatable bonds is 9. The lowest BCUT2D eigenvalue weighted by Gasteiger charge is -2.24. The summed E-state index contributed by atoms with van der Waals surface area (Å²) in [5.41, 5.74) is 1.57. The Bertz CT molecular complexity index is 810. The fraction of sp³-hybridized carbons (Fsp3) is 0.364. The molecule has 0 heterocycles. The fourth-order valence-corrected chi connectivity index (χ4v) is 3.24. The summed E-state index contributed by atoms with van der Waals surface area (Å²) in [4.78, 5) is 28.7. The highest BCUT2D eigenvalue weighted by Gasteiger charge is 2.24. The Balaban J connectivity index is 2.31. The Morgan fingerprint density at radius 2 is 1.43 bits per heavy atom. The number of carbonyl (C=O) groups excluding carboxylic acids is 1. The monoisotopic (exact) mass is 384 g/mol. The number of carbonyl (C=O) groups is 2. The largest absolute Gasteiger partial charge is 0.478 e. The van der Waals surface area contributed by atoms with E-state index in [4.69, 9.17) is 4.74 Å². The number of carboxylic acid groups (broad SMARTS) is 1. The molecule has 0 aromatic heterocycles. The van der Waals surface area contributed by atoms with Crippen LogP contribution in [0.1, 0.15) is 48.4 Å². The molecular weight excluding hydrogens is 356 g/mol. The Morgan fingerprint density at radius 1 is 0.857 bits per heavy atom. The van der Waals surface area contributed by atoms with Gasteiger partial charge in [0.05, 0.1) is 16.8 Å². The average molecular weight is 384 g/mol. The van der Waals surface area contributed by atoms with Crippen LogP contribution in [0.2, 0.25) is 0 Å². The second kappa shape index (κ2) is 9.78. The van der Waals surface area contributed by atoms with Crippen LogP contribution in [0.3, 0.4) is 0 Å². The molecule has 0 bridgehead atoms. The van der Waals surface area contributed by atoms with Crippen molar-refractivity contribution < 1.29 is 19.4 Å². The van der Waals surface area contributed by atoms with Crippen molar-refractivity contribution in [3.8, 4) is 5.75 Å². The standard InChI is InChI=1S/C22H28N2O4/c1-5-23(6-2)16-12-14-17(15-13-16)28-22(27)18-10-9-11-19(20(18)21(25)26)24(7-3)8-4/h9-15H,5-8H2,1-4H3,(H,25,26). The molecule has 6 nitrogen and oxygen atoms in total. The van der Waals surface area contributed by atoms with E-state index < -0.39 is 11.9 Å². The molecule has 0 aliphatic heterocycles. The summed E-state index contributed by atoms with van der Waals surface area (Å²) >= 11 is 0. The zero-order valence-corrected chi connectivity index (χ0v) is 16.9. The van der Waals surface area contributed by atoms with Gasteiger partial charge in [0.1, 0.15) is 5.75 Å². The predicted octanol–water partition coefficient (Wildman–Crippen LogP) is 4.30. The van der Waals surface area contributed by atoms with Crippen LogP contribution in [0.4, 0.5) is 11.4 Å². The first-order chi connectivity index (χ1) is 13.5. The highest BCUT2D eigenvalue weighted by molar-refractivity contribution is 6.07. The molecule has 0 spiro atoms. The first kappa shape index (κ1) is 21.3. The summed E-state index contributed by atoms with van der Waals surface area (Å²) in [5, 5.41) is 9.71. The third kappa shape index (κ3) is 4.63. The molecular formula is C22H28N2O4. The van der Waals surface area contributed by atoms with Crippen molar-refractivity contribution in [2.45, 2.75) is 27.7 Å². The molecule has 0 radical (unpaired) electrons. The topological polar surface area (TPSA) is 70.1 Å². The van der Waals surface area contributed by atoms with E-state index in [0.717, 1.165) is 18.8 Å². The number of hydrogen-bond acceptors (Lipinski definition) is 5. The minimum atomic E-state index is -1.15. The molecule has 0 aliphatic rings. The van der Waals surface area contributed by atoms with Crippen molar-refractivity contribution in [1.82, 2.24) is 0 Å². The zero-order chi connectivity index (χ0) is 20.7. The molecule has 150 valence electrons. The maximum Gasteiger partial charge on any atom is 0.344 e. The Kier molecular flexibility index (Phi) is 7.44. The van der Waals surface area contributed by atoms with E-state index in [1.54, 1.807) is 24.3 Å². The number of aromatic carboxylic acids is 1. The Hall–Kier alpha value is -3.02. The van der Waals surface area contributed by atoms with Crippen LogP contribution in [-0.2, 0) is 0 Å². The first-order valence-corrected chi connectivity index (χ1v) is 9.65. The van der Waals surface area contributed by atoms with E-state index >= 15 is 0 Å². The predicted molar refractivity (Wildman–Crippen MR) is 112 cm³/mol. The molecule has 6 heteroatoms. The van der Waals surface area contributed by atoms with Crippen LogP contribution in [0.5, 0.6) is 5.75 Å². The van der Waals surface area contributed by atoms with Crippen LogP contribution in [0.25, 0.3) is 0 Å². The molecule has 0 unspecified atom stereocenters. The van der Waals surface area contributed by atoms with Gasteiger partial charge in [0.2, 0.25) is 0 Å². The number of ether oxygens (including phenoxy) is 1. The number of benzene rings is 2. The molecule has 28 heavy (non-hydrogen) atoms. The third-order valence-electron chi connectivity index (χ3n) is 4.76. The molecule has 2 aromatic carbocycles. The van der Waals surface area contributed by atoms with E-state index in [1.807, 2.05) is 30.9 Å². The van der Waals surface area contributed by atoms with Crippen LogP contribution >= 0.6 is 0 Å². The normalized spacial score (nSPS) is 10.4. The van der Waals surface area contributed by atoms with E-state index in [1.165, 1.54) is 6.07 Å². The number of anilines is 2. The smallest absolute Gasteiger partial charge is 0.344 e. The lowest BCUT2D eigenvalue weighted by molar-refractivity contribution is 0.0668. The molecule has 0 amide bonds. The first-order valence-electron chi connectivity index (χ1n) is 9.65. The van der Waals surface area contributed by atoms with E-state index in [0.29, 0.717) is 24.5 Å². The summed E-state index contributed by atoms with van der Waals surface area (Å²) in [5.74, 6) is -1.45. The van der Waals surface area contributed by atoms with Crippen LogP contribution in [0.15, 0.2) is 42.5 Å². The van der Waals surface area contributed by atoms with Gasteiger partial charge in [-0.15, -0.1) is 0 Å². The highest BCUT2D eigenvalue weighted by atomic mass is 16.5. The SMILES string of the molecule is CCN(CC)c1ccc(OC(=O)c2cccc(N(CC)CC)c2C(=O)O)cc1. The molecule has 0 saturated carbocycles. The molecule has 1 N–H and O–H groups in total. The van der Waals surface area contributed by atoms with Crippen molar-refractivity contribution in [3.63, 3.8) is 0 Å². The van der Waals surface area contributed by atoms with Crippen molar-refractivity contribution in [2.24, 2.45) is 0 Å². The Morgan fingerprint density at radius 3 is 1.93 bits per heavy atom. The zero-order valence-electron chi connectivity index (χ0n) is 16.9. The minimum absolute atomic E-state index is 0.0315. The minimum Gasteiger partial charge on any atom is -0.478 e. The van der Waals surface area contributed by atoms with E-state index in [9.17, 15) is 14.7 Å². The van der Waals surface area contributed by atoms with Crippen LogP contribution in [0, 0.1) is 0 Å². The van der Waals surface area contributed by atoms with Gasteiger partial charge in [-0.05, 0) is 64.1 Å². The third-order valence-corrected chi connectivity index (χ3v) is 4.76. The summed E-state index contributed by atoms with van der Waals surface area (Å²) in [7, 11) is 0. The summed E-state index contributed by atoms with van der Waals surface area (Å²) in [6.07, 6.45) is 0. The van der Waals surface area contributed by atoms with Crippen LogP contribution in [-0.4, -0.2) is 43.2 Å². The van der Waals surface area contributed by atoms with Gasteiger partial charge in [0.15, 0.2) is 0 Å². The number of carboxylic acids is 1. The maximum absolute atomic E-state index is 12.7. The second-order valence-electron chi connectivity index (χ2n) is 6.23. The lowest BCUT2D eigenvalue weighted by atomic mass is 10.0. The lowest BCUT2D eigenvalue weighted by Crippen LogP contribution is -2.26. The van der Waals surface area contributed by atoms with Crippen molar-refractivity contribution in [3.05, 3.63) is 53.6 Å². The number of nitrogens with zero attached hydrogens (tertiary/aromatic N) is 2. The molecule has 0 aliphatic carbocycles. The average Bonchev–Trinajstić information content (AvgIpc) is 2.70. The Labute approximate surface area is 166 Å². The molecule has 0 atom stereocenters. The maximum atomic E-state index is 12.7. The molecule has 0 fully saturated rings. The van der Waals surface area contributed by atoms with Gasteiger partial charge >= 0.3 is 11.9 Å². The molecule has 2 rings (SSSR count). The van der Waals surface area contributed by atoms with Crippen molar-refractivity contribution in [1.29, 1.82) is 0 Å². The number of esters is 1. The van der Waals surface area contributed by atoms with Gasteiger partial charge in [0, 0.05) is 31.9 Å². The molecule has 0 saturated heterocycles. The van der Waals surface area contributed by atoms with E-state index in [-0.39, 0.29) is 11.1 Å². The van der Waals surface area contributed by atoms with Crippen LogP contribution < -0.4 is 14.5 Å². The van der Waals surface area contributed by atoms with Gasteiger partial charge < -0.3 is 19.6 Å². The summed E-state index contributed by atoms with van der Waals surface area (Å²) in [6, 6.07) is 12.1. The van der Waals surface area contributed by atoms with Crippen molar-refractivity contribution >= 4 is 23.3 Å². The quantitative estimate of drug-likeness (QED) is 0.514. The molecule has 2 aromatic rings. The second-order valence-corrected chi connectivity index (χ2v) is 6.23. The number of hydrogen-bond donors (Lipinski definition) is 1. The van der Waals surface area contributed by atoms with E-state index in [2.05, 4.69) is 18.7 Å². The summed E-state index contributed by atoms with van der Waals surface area (Å²) in [6.45, 7) is 11.1. The summed E-state index contributed by atoms with van der Waals surface area (Å²) < 4.78 is 5.46. The van der Waals surface area contributed by atoms with Gasteiger partial charge in [-0.1, -0.05) is 6.07 Å². The fourth-order valence-electron chi connectivity index (χ4n) is 3.24. The van der Waals surface area contributed by atoms with Gasteiger partial charge in [0.25, 0.3) is 0 Å². The highest BCUT2D eigenvalue weighted by Crippen LogP contribution is 2.26. The van der Waals surface area contributed by atoms with Crippen molar-refractivity contribution in [2.75, 3.05) is 36.0 Å².